The molecule has 0 heterocycles. The third-order valence-corrected chi connectivity index (χ3v) is 15.6. The highest BCUT2D eigenvalue weighted by Crippen LogP contribution is 2.18. The molecule has 0 radical (unpaired) electrons. The number of rotatable bonds is 64. The first kappa shape index (κ1) is 74.6. The summed E-state index contributed by atoms with van der Waals surface area (Å²) >= 11 is 0. The van der Waals surface area contributed by atoms with Gasteiger partial charge in [0.05, 0.1) is 0 Å². The molecule has 0 amide bonds. The van der Waals surface area contributed by atoms with Gasteiger partial charge in [-0.25, -0.2) is 0 Å². The SMILES string of the molecule is CCCCCC/C=C\CCCCCCCC(=O)OCC(COC(=O)CCCCCCCCCCCCCCCCCCCCCCC/C=C\CCCCCCCCCC)OC(=O)CCCCCCC/C=C\CCCCCC. The van der Waals surface area contributed by atoms with Gasteiger partial charge in [-0.1, -0.05) is 301 Å². The molecule has 0 fully saturated rings. The molecule has 6 heteroatoms. The molecule has 6 nitrogen and oxygen atoms in total. The van der Waals surface area contributed by atoms with E-state index in [9.17, 15) is 14.4 Å². The zero-order chi connectivity index (χ0) is 55.7. The maximum atomic E-state index is 12.9. The van der Waals surface area contributed by atoms with Crippen molar-refractivity contribution in [2.24, 2.45) is 0 Å². The average Bonchev–Trinajstić information content (AvgIpc) is 3.43. The second-order valence-corrected chi connectivity index (χ2v) is 23.4. The van der Waals surface area contributed by atoms with Crippen molar-refractivity contribution >= 4 is 17.9 Å². The Balaban J connectivity index is 4.05. The van der Waals surface area contributed by atoms with Gasteiger partial charge in [0, 0.05) is 19.3 Å². The van der Waals surface area contributed by atoms with E-state index in [2.05, 4.69) is 57.2 Å². The predicted molar refractivity (Wildman–Crippen MR) is 335 cm³/mol. The first-order valence-electron chi connectivity index (χ1n) is 34.5. The van der Waals surface area contributed by atoms with Crippen LogP contribution in [0.2, 0.25) is 0 Å². The molecule has 0 aromatic carbocycles. The fourth-order valence-electron chi connectivity index (χ4n) is 10.4. The normalized spacial score (nSPS) is 12.2. The van der Waals surface area contributed by atoms with Crippen LogP contribution in [0, 0.1) is 0 Å². The van der Waals surface area contributed by atoms with Gasteiger partial charge in [0.1, 0.15) is 13.2 Å². The molecule has 0 aliphatic carbocycles. The average molecular weight is 1080 g/mol. The minimum atomic E-state index is -0.777. The summed E-state index contributed by atoms with van der Waals surface area (Å²) in [4.78, 5) is 38.2. The summed E-state index contributed by atoms with van der Waals surface area (Å²) in [5.41, 5.74) is 0. The van der Waals surface area contributed by atoms with Gasteiger partial charge in [-0.15, -0.1) is 0 Å². The molecule has 0 aromatic rings. The monoisotopic (exact) mass is 1080 g/mol. The highest BCUT2D eigenvalue weighted by atomic mass is 16.6. The molecule has 0 bridgehead atoms. The quantitative estimate of drug-likeness (QED) is 0.0261. The molecule has 0 spiro atoms. The lowest BCUT2D eigenvalue weighted by molar-refractivity contribution is -0.167. The summed E-state index contributed by atoms with van der Waals surface area (Å²) in [6.07, 6.45) is 81.9. The standard InChI is InChI=1S/C71H132O6/c1-4-7-10-13-16-19-22-25-26-27-28-29-30-31-32-33-34-35-36-37-38-39-40-41-42-43-44-47-49-52-55-58-61-64-70(73)76-67-68(77-71(74)65-62-59-56-53-50-46-24-21-18-15-12-9-6-3)66-75-69(72)63-60-57-54-51-48-45-23-20-17-14-11-8-5-2/h20-21,23-24,27-28,68H,4-19,22,25-26,29-67H2,1-3H3/b23-20-,24-21-,28-27-. The molecule has 0 saturated carbocycles. The molecule has 77 heavy (non-hydrogen) atoms. The largest absolute Gasteiger partial charge is 0.462 e. The van der Waals surface area contributed by atoms with Crippen LogP contribution < -0.4 is 0 Å². The number of allylic oxidation sites excluding steroid dienone is 6. The highest BCUT2D eigenvalue weighted by Gasteiger charge is 2.19. The number of hydrogen-bond donors (Lipinski definition) is 0. The van der Waals surface area contributed by atoms with Gasteiger partial charge in [0.2, 0.25) is 0 Å². The molecule has 0 N–H and O–H groups in total. The van der Waals surface area contributed by atoms with Gasteiger partial charge in [-0.2, -0.15) is 0 Å². The van der Waals surface area contributed by atoms with E-state index in [4.69, 9.17) is 14.2 Å². The van der Waals surface area contributed by atoms with Crippen LogP contribution in [0.5, 0.6) is 0 Å². The van der Waals surface area contributed by atoms with E-state index < -0.39 is 6.10 Å². The molecule has 0 aliphatic heterocycles. The second kappa shape index (κ2) is 66.1. The number of ether oxygens (including phenoxy) is 3. The van der Waals surface area contributed by atoms with E-state index in [-0.39, 0.29) is 31.1 Å². The third-order valence-electron chi connectivity index (χ3n) is 15.6. The summed E-state index contributed by atoms with van der Waals surface area (Å²) in [6, 6.07) is 0. The highest BCUT2D eigenvalue weighted by molar-refractivity contribution is 5.71. The second-order valence-electron chi connectivity index (χ2n) is 23.4. The van der Waals surface area contributed by atoms with Crippen LogP contribution in [0.4, 0.5) is 0 Å². The minimum absolute atomic E-state index is 0.0739. The van der Waals surface area contributed by atoms with Crippen LogP contribution in [-0.4, -0.2) is 37.2 Å². The molecule has 0 aliphatic rings. The fraction of sp³-hybridized carbons (Fsp3) is 0.873. The Morgan fingerprint density at radius 3 is 0.662 bits per heavy atom. The van der Waals surface area contributed by atoms with Crippen LogP contribution in [-0.2, 0) is 28.6 Å². The van der Waals surface area contributed by atoms with E-state index in [0.717, 1.165) is 70.6 Å². The summed E-state index contributed by atoms with van der Waals surface area (Å²) < 4.78 is 16.9. The number of carbonyl (C=O) groups is 3. The maximum absolute atomic E-state index is 12.9. The first-order valence-corrected chi connectivity index (χ1v) is 34.5. The van der Waals surface area contributed by atoms with Gasteiger partial charge in [0.25, 0.3) is 0 Å². The molecular formula is C71H132O6. The van der Waals surface area contributed by atoms with Gasteiger partial charge in [-0.3, -0.25) is 14.4 Å². The zero-order valence-electron chi connectivity index (χ0n) is 52.0. The van der Waals surface area contributed by atoms with Crippen molar-refractivity contribution in [1.82, 2.24) is 0 Å². The lowest BCUT2D eigenvalue weighted by atomic mass is 10.0. The molecule has 0 aromatic heterocycles. The first-order chi connectivity index (χ1) is 38.0. The lowest BCUT2D eigenvalue weighted by Crippen LogP contribution is -2.30. The topological polar surface area (TPSA) is 78.9 Å². The summed E-state index contributed by atoms with van der Waals surface area (Å²) in [5.74, 6) is -0.870. The van der Waals surface area contributed by atoms with Crippen molar-refractivity contribution in [1.29, 1.82) is 0 Å². The van der Waals surface area contributed by atoms with Crippen molar-refractivity contribution in [3.8, 4) is 0 Å². The van der Waals surface area contributed by atoms with Crippen LogP contribution in [0.25, 0.3) is 0 Å². The Morgan fingerprint density at radius 2 is 0.429 bits per heavy atom. The third kappa shape index (κ3) is 64.3. The number of hydrogen-bond acceptors (Lipinski definition) is 6. The van der Waals surface area contributed by atoms with E-state index in [1.807, 2.05) is 0 Å². The number of carbonyl (C=O) groups excluding carboxylic acids is 3. The molecular weight excluding hydrogens is 949 g/mol. The Labute approximate surface area is 480 Å². The summed E-state index contributed by atoms with van der Waals surface area (Å²) in [7, 11) is 0. The van der Waals surface area contributed by atoms with Crippen molar-refractivity contribution in [3.63, 3.8) is 0 Å². The van der Waals surface area contributed by atoms with Crippen LogP contribution in [0.15, 0.2) is 36.5 Å². The molecule has 1 atom stereocenters. The summed E-state index contributed by atoms with van der Waals surface area (Å²) in [5, 5.41) is 0. The van der Waals surface area contributed by atoms with Crippen LogP contribution in [0.3, 0.4) is 0 Å². The van der Waals surface area contributed by atoms with Crippen molar-refractivity contribution in [2.75, 3.05) is 13.2 Å². The lowest BCUT2D eigenvalue weighted by Gasteiger charge is -2.18. The van der Waals surface area contributed by atoms with Gasteiger partial charge in [-0.05, 0) is 96.3 Å². The van der Waals surface area contributed by atoms with E-state index >= 15 is 0 Å². The van der Waals surface area contributed by atoms with Crippen LogP contribution in [0.1, 0.15) is 380 Å². The van der Waals surface area contributed by atoms with Crippen molar-refractivity contribution in [3.05, 3.63) is 36.5 Å². The maximum Gasteiger partial charge on any atom is 0.306 e. The zero-order valence-corrected chi connectivity index (χ0v) is 52.0. The Hall–Kier alpha value is -2.37. The Morgan fingerprint density at radius 1 is 0.247 bits per heavy atom. The van der Waals surface area contributed by atoms with Gasteiger partial charge in [0.15, 0.2) is 6.10 Å². The molecule has 0 saturated heterocycles. The van der Waals surface area contributed by atoms with E-state index in [1.54, 1.807) is 0 Å². The molecule has 452 valence electrons. The number of unbranched alkanes of at least 4 members (excludes halogenated alkanes) is 47. The Bertz CT molecular complexity index is 1290. The van der Waals surface area contributed by atoms with Crippen LogP contribution >= 0.6 is 0 Å². The summed E-state index contributed by atoms with van der Waals surface area (Å²) in [6.45, 7) is 6.65. The Kier molecular flexibility index (Phi) is 64.1. The minimum Gasteiger partial charge on any atom is -0.462 e. The van der Waals surface area contributed by atoms with Gasteiger partial charge < -0.3 is 14.2 Å². The fourth-order valence-corrected chi connectivity index (χ4v) is 10.4. The molecule has 0 rings (SSSR count). The molecule has 1 unspecified atom stereocenters. The van der Waals surface area contributed by atoms with Crippen molar-refractivity contribution in [2.45, 2.75) is 386 Å². The van der Waals surface area contributed by atoms with E-state index in [0.29, 0.717) is 19.3 Å². The predicted octanol–water partition coefficient (Wildman–Crippen LogP) is 23.6. The number of esters is 3. The van der Waals surface area contributed by atoms with E-state index in [1.165, 1.54) is 270 Å². The van der Waals surface area contributed by atoms with Crippen molar-refractivity contribution < 1.29 is 28.6 Å². The van der Waals surface area contributed by atoms with Gasteiger partial charge >= 0.3 is 17.9 Å². The smallest absolute Gasteiger partial charge is 0.306 e.